The lowest BCUT2D eigenvalue weighted by Crippen LogP contribution is -2.17. The first kappa shape index (κ1) is 12.6. The number of aliphatic hydroxyl groups is 1. The number of hydrogen-bond donors (Lipinski definition) is 1. The van der Waals surface area contributed by atoms with Crippen LogP contribution in [0.4, 0.5) is 8.78 Å². The van der Waals surface area contributed by atoms with E-state index in [-0.39, 0.29) is 11.5 Å². The summed E-state index contributed by atoms with van der Waals surface area (Å²) in [4.78, 5) is 3.78. The van der Waals surface area contributed by atoms with Gasteiger partial charge in [-0.1, -0.05) is 13.0 Å². The highest BCUT2D eigenvalue weighted by Crippen LogP contribution is 2.25. The molecule has 0 saturated carbocycles. The average molecular weight is 253 g/mol. The summed E-state index contributed by atoms with van der Waals surface area (Å²) in [5.41, 5.74) is 0.0871. The highest BCUT2D eigenvalue weighted by atomic mass is 19.1. The van der Waals surface area contributed by atoms with Gasteiger partial charge in [0, 0.05) is 24.1 Å². The molecule has 0 aliphatic carbocycles. The smallest absolute Gasteiger partial charge is 0.137 e. The van der Waals surface area contributed by atoms with Crippen molar-refractivity contribution in [2.45, 2.75) is 19.6 Å². The lowest BCUT2D eigenvalue weighted by molar-refractivity contribution is 0.101. The molecule has 2 atom stereocenters. The number of halogens is 2. The molecule has 2 aromatic rings. The number of aliphatic hydroxyl groups excluding tert-OH is 1. The fourth-order valence-corrected chi connectivity index (χ4v) is 1.77. The first-order valence-corrected chi connectivity index (χ1v) is 5.53. The number of rotatable bonds is 4. The highest BCUT2D eigenvalue weighted by Gasteiger charge is 2.20. The van der Waals surface area contributed by atoms with Gasteiger partial charge in [0.2, 0.25) is 0 Å². The molecule has 0 aliphatic rings. The molecule has 0 aliphatic heterocycles. The molecule has 0 spiro atoms. The Morgan fingerprint density at radius 2 is 2.17 bits per heavy atom. The summed E-state index contributed by atoms with van der Waals surface area (Å²) < 4.78 is 27.8. The van der Waals surface area contributed by atoms with Crippen molar-refractivity contribution in [3.63, 3.8) is 0 Å². The zero-order chi connectivity index (χ0) is 13.1. The molecular formula is C12H13F2N3O. The van der Waals surface area contributed by atoms with Gasteiger partial charge < -0.3 is 5.11 Å². The maximum absolute atomic E-state index is 13.5. The van der Waals surface area contributed by atoms with Crippen LogP contribution in [-0.4, -0.2) is 19.9 Å². The molecule has 0 radical (unpaired) electrons. The van der Waals surface area contributed by atoms with Crippen molar-refractivity contribution in [1.29, 1.82) is 0 Å². The van der Waals surface area contributed by atoms with Crippen LogP contribution in [0.2, 0.25) is 0 Å². The van der Waals surface area contributed by atoms with Gasteiger partial charge in [0.25, 0.3) is 0 Å². The summed E-state index contributed by atoms with van der Waals surface area (Å²) in [5, 5.41) is 13.9. The van der Waals surface area contributed by atoms with Gasteiger partial charge >= 0.3 is 0 Å². The average Bonchev–Trinajstić information content (AvgIpc) is 2.81. The third kappa shape index (κ3) is 2.70. The molecule has 0 fully saturated rings. The van der Waals surface area contributed by atoms with E-state index in [1.54, 1.807) is 11.6 Å². The van der Waals surface area contributed by atoms with Gasteiger partial charge in [-0.05, 0) is 6.07 Å². The van der Waals surface area contributed by atoms with Crippen molar-refractivity contribution < 1.29 is 13.9 Å². The van der Waals surface area contributed by atoms with E-state index in [0.29, 0.717) is 6.54 Å². The maximum Gasteiger partial charge on any atom is 0.137 e. The van der Waals surface area contributed by atoms with Crippen molar-refractivity contribution >= 4 is 0 Å². The predicted octanol–water partition coefficient (Wildman–Crippen LogP) is 1.93. The van der Waals surface area contributed by atoms with E-state index in [2.05, 4.69) is 10.1 Å². The second-order valence-electron chi connectivity index (χ2n) is 4.21. The normalized spacial score (nSPS) is 14.4. The maximum atomic E-state index is 13.5. The van der Waals surface area contributed by atoms with E-state index >= 15 is 0 Å². The first-order valence-electron chi connectivity index (χ1n) is 5.53. The molecule has 2 rings (SSSR count). The molecule has 0 bridgehead atoms. The molecule has 0 amide bonds. The molecule has 4 nitrogen and oxygen atoms in total. The minimum Gasteiger partial charge on any atom is -0.388 e. The van der Waals surface area contributed by atoms with Crippen LogP contribution in [0, 0.1) is 17.6 Å². The standard InChI is InChI=1S/C12H13F2N3O/c1-8(5-17-7-15-6-16-17)12(18)10-3-2-9(13)4-11(10)14/h2-4,6-8,12,18H,5H2,1H3. The molecule has 2 unspecified atom stereocenters. The van der Waals surface area contributed by atoms with Crippen LogP contribution in [0.15, 0.2) is 30.9 Å². The number of hydrogen-bond acceptors (Lipinski definition) is 3. The van der Waals surface area contributed by atoms with Gasteiger partial charge in [-0.15, -0.1) is 0 Å². The van der Waals surface area contributed by atoms with Gasteiger partial charge in [0.05, 0.1) is 6.10 Å². The largest absolute Gasteiger partial charge is 0.388 e. The zero-order valence-electron chi connectivity index (χ0n) is 9.79. The summed E-state index contributed by atoms with van der Waals surface area (Å²) in [6, 6.07) is 3.15. The molecule has 96 valence electrons. The van der Waals surface area contributed by atoms with Crippen molar-refractivity contribution in [3.8, 4) is 0 Å². The second kappa shape index (κ2) is 5.22. The molecule has 6 heteroatoms. The zero-order valence-corrected chi connectivity index (χ0v) is 9.79. The Balaban J connectivity index is 2.12. The Morgan fingerprint density at radius 3 is 2.78 bits per heavy atom. The summed E-state index contributed by atoms with van der Waals surface area (Å²) in [6.45, 7) is 2.16. The van der Waals surface area contributed by atoms with Crippen molar-refractivity contribution in [2.75, 3.05) is 0 Å². The van der Waals surface area contributed by atoms with Crippen LogP contribution < -0.4 is 0 Å². The summed E-state index contributed by atoms with van der Waals surface area (Å²) in [5.74, 6) is -1.67. The van der Waals surface area contributed by atoms with Gasteiger partial charge in [0.15, 0.2) is 0 Å². The molecule has 1 aromatic carbocycles. The third-order valence-corrected chi connectivity index (χ3v) is 2.76. The van der Waals surface area contributed by atoms with E-state index in [1.807, 2.05) is 0 Å². The van der Waals surface area contributed by atoms with Crippen LogP contribution in [0.1, 0.15) is 18.6 Å². The molecule has 18 heavy (non-hydrogen) atoms. The Kier molecular flexibility index (Phi) is 3.66. The van der Waals surface area contributed by atoms with E-state index in [9.17, 15) is 13.9 Å². The summed E-state index contributed by atoms with van der Waals surface area (Å²) in [6.07, 6.45) is 1.89. The van der Waals surface area contributed by atoms with Gasteiger partial charge in [-0.3, -0.25) is 4.68 Å². The third-order valence-electron chi connectivity index (χ3n) is 2.76. The van der Waals surface area contributed by atoms with E-state index in [0.717, 1.165) is 12.1 Å². The van der Waals surface area contributed by atoms with Crippen LogP contribution in [0.3, 0.4) is 0 Å². The SMILES string of the molecule is CC(Cn1cncn1)C(O)c1ccc(F)cc1F. The van der Waals surface area contributed by atoms with Crippen LogP contribution in [-0.2, 0) is 6.54 Å². The molecular weight excluding hydrogens is 240 g/mol. The fourth-order valence-electron chi connectivity index (χ4n) is 1.77. The Bertz CT molecular complexity index is 516. The quantitative estimate of drug-likeness (QED) is 0.905. The number of aromatic nitrogens is 3. The molecule has 0 saturated heterocycles. The predicted molar refractivity (Wildman–Crippen MR) is 60.5 cm³/mol. The van der Waals surface area contributed by atoms with Gasteiger partial charge in [0.1, 0.15) is 24.3 Å². The van der Waals surface area contributed by atoms with Crippen molar-refractivity contribution in [2.24, 2.45) is 5.92 Å². The Morgan fingerprint density at radius 1 is 1.39 bits per heavy atom. The van der Waals surface area contributed by atoms with E-state index < -0.39 is 17.7 Å². The van der Waals surface area contributed by atoms with Gasteiger partial charge in [-0.25, -0.2) is 13.8 Å². The fraction of sp³-hybridized carbons (Fsp3) is 0.333. The van der Waals surface area contributed by atoms with Crippen LogP contribution in [0.5, 0.6) is 0 Å². The minimum atomic E-state index is -1.02. The summed E-state index contributed by atoms with van der Waals surface area (Å²) in [7, 11) is 0. The Hall–Kier alpha value is -1.82. The first-order chi connectivity index (χ1) is 8.58. The van der Waals surface area contributed by atoms with Crippen LogP contribution >= 0.6 is 0 Å². The number of nitrogens with zero attached hydrogens (tertiary/aromatic N) is 3. The number of benzene rings is 1. The van der Waals surface area contributed by atoms with E-state index in [1.165, 1.54) is 18.7 Å². The van der Waals surface area contributed by atoms with E-state index in [4.69, 9.17) is 0 Å². The highest BCUT2D eigenvalue weighted by molar-refractivity contribution is 5.21. The second-order valence-corrected chi connectivity index (χ2v) is 4.21. The monoisotopic (exact) mass is 253 g/mol. The lowest BCUT2D eigenvalue weighted by Gasteiger charge is -2.19. The molecule has 1 aromatic heterocycles. The van der Waals surface area contributed by atoms with Crippen molar-refractivity contribution in [3.05, 3.63) is 48.1 Å². The Labute approximate surface area is 103 Å². The van der Waals surface area contributed by atoms with Crippen molar-refractivity contribution in [1.82, 2.24) is 14.8 Å². The van der Waals surface area contributed by atoms with Crippen LogP contribution in [0.25, 0.3) is 0 Å². The molecule has 1 heterocycles. The van der Waals surface area contributed by atoms with Gasteiger partial charge in [-0.2, -0.15) is 5.10 Å². The summed E-state index contributed by atoms with van der Waals surface area (Å²) >= 11 is 0. The topological polar surface area (TPSA) is 50.9 Å². The lowest BCUT2D eigenvalue weighted by atomic mass is 9.97. The molecule has 1 N–H and O–H groups in total. The minimum absolute atomic E-state index is 0.0871.